The predicted octanol–water partition coefficient (Wildman–Crippen LogP) is 2.00. The Kier molecular flexibility index (Phi) is 3.64. The fourth-order valence-corrected chi connectivity index (χ4v) is 1.95. The quantitative estimate of drug-likeness (QED) is 0.854. The lowest BCUT2D eigenvalue weighted by atomic mass is 10.1. The van der Waals surface area contributed by atoms with Gasteiger partial charge in [0.15, 0.2) is 11.3 Å². The molecule has 0 unspecified atom stereocenters. The Labute approximate surface area is 108 Å². The van der Waals surface area contributed by atoms with Crippen molar-refractivity contribution in [2.75, 3.05) is 0 Å². The van der Waals surface area contributed by atoms with Crippen LogP contribution in [0.3, 0.4) is 0 Å². The minimum Gasteiger partial charge on any atom is -0.275 e. The monoisotopic (exact) mass is 270 g/mol. The van der Waals surface area contributed by atoms with Crippen LogP contribution in [0.1, 0.15) is 32.4 Å². The van der Waals surface area contributed by atoms with E-state index >= 15 is 0 Å². The zero-order valence-corrected chi connectivity index (χ0v) is 11.1. The molecule has 0 aliphatic carbocycles. The molecule has 2 heterocycles. The smallest absolute Gasteiger partial charge is 0.275 e. The molecular weight excluding hydrogens is 254 g/mol. The maximum atomic E-state index is 12.5. The molecule has 0 aliphatic rings. The van der Waals surface area contributed by atoms with Gasteiger partial charge >= 0.3 is 5.69 Å². The lowest BCUT2D eigenvalue weighted by molar-refractivity contribution is 0.126. The molecule has 2 aromatic rings. The first-order valence-corrected chi connectivity index (χ1v) is 6.19. The van der Waals surface area contributed by atoms with E-state index in [0.717, 1.165) is 10.3 Å². The Hall–Kier alpha value is -1.79. The van der Waals surface area contributed by atoms with Gasteiger partial charge in [-0.3, -0.25) is 9.13 Å². The van der Waals surface area contributed by atoms with Crippen LogP contribution in [0.25, 0.3) is 11.3 Å². The summed E-state index contributed by atoms with van der Waals surface area (Å²) >= 11 is 0. The number of aryl methyl sites for hydroxylation is 1. The Morgan fingerprint density at radius 3 is 2.47 bits per heavy atom. The summed E-state index contributed by atoms with van der Waals surface area (Å²) in [6, 6.07) is 0. The first kappa shape index (κ1) is 13.6. The van der Waals surface area contributed by atoms with Crippen LogP contribution in [0.4, 0.5) is 8.78 Å². The number of hydrogen-bond donors (Lipinski definition) is 0. The van der Waals surface area contributed by atoms with E-state index in [-0.39, 0.29) is 11.6 Å². The van der Waals surface area contributed by atoms with Crippen LogP contribution in [-0.2, 0) is 13.1 Å². The number of imidazole rings is 1. The van der Waals surface area contributed by atoms with Crippen LogP contribution in [-0.4, -0.2) is 25.5 Å². The van der Waals surface area contributed by atoms with Gasteiger partial charge in [-0.05, 0) is 12.8 Å². The molecule has 0 atom stereocenters. The third-order valence-corrected chi connectivity index (χ3v) is 2.96. The lowest BCUT2D eigenvalue weighted by Crippen LogP contribution is -2.26. The SMILES string of the molecule is CCn1c(=O)n(CC(F)F)c2ncc(C(C)C)nc21. The standard InChI is InChI=1S/C12H16F2N4O/c1-4-17-11-10(15-5-8(16-11)7(2)3)18(12(17)19)6-9(13)14/h5,7,9H,4,6H2,1-3H3. The van der Waals surface area contributed by atoms with Gasteiger partial charge in [0, 0.05) is 6.54 Å². The molecule has 0 bridgehead atoms. The van der Waals surface area contributed by atoms with Gasteiger partial charge in [0.2, 0.25) is 0 Å². The molecule has 0 N–H and O–H groups in total. The van der Waals surface area contributed by atoms with Crippen molar-refractivity contribution in [2.45, 2.75) is 46.2 Å². The molecule has 0 amide bonds. The maximum absolute atomic E-state index is 12.5. The highest BCUT2D eigenvalue weighted by Gasteiger charge is 2.18. The van der Waals surface area contributed by atoms with E-state index in [9.17, 15) is 13.6 Å². The normalized spacial score (nSPS) is 11.9. The van der Waals surface area contributed by atoms with Gasteiger partial charge in [-0.1, -0.05) is 13.8 Å². The van der Waals surface area contributed by atoms with Crippen molar-refractivity contribution in [1.82, 2.24) is 19.1 Å². The number of nitrogens with zero attached hydrogens (tertiary/aromatic N) is 4. The van der Waals surface area contributed by atoms with Crippen LogP contribution >= 0.6 is 0 Å². The zero-order chi connectivity index (χ0) is 14.2. The summed E-state index contributed by atoms with van der Waals surface area (Å²) < 4.78 is 27.4. The summed E-state index contributed by atoms with van der Waals surface area (Å²) in [4.78, 5) is 20.5. The molecular formula is C12H16F2N4O. The second-order valence-electron chi connectivity index (χ2n) is 4.63. The topological polar surface area (TPSA) is 52.7 Å². The molecule has 7 heteroatoms. The minimum atomic E-state index is -2.60. The summed E-state index contributed by atoms with van der Waals surface area (Å²) in [5, 5.41) is 0. The third-order valence-electron chi connectivity index (χ3n) is 2.96. The van der Waals surface area contributed by atoms with E-state index in [4.69, 9.17) is 0 Å². The van der Waals surface area contributed by atoms with Gasteiger partial charge in [-0.15, -0.1) is 0 Å². The largest absolute Gasteiger partial charge is 0.331 e. The second kappa shape index (κ2) is 5.07. The number of fused-ring (bicyclic) bond motifs is 1. The third kappa shape index (κ3) is 2.36. The Balaban J connectivity index is 2.71. The molecule has 5 nitrogen and oxygen atoms in total. The number of rotatable bonds is 4. The molecule has 19 heavy (non-hydrogen) atoms. The molecule has 2 rings (SSSR count). The maximum Gasteiger partial charge on any atom is 0.331 e. The molecule has 0 fully saturated rings. The minimum absolute atomic E-state index is 0.163. The molecule has 0 saturated heterocycles. The van der Waals surface area contributed by atoms with Gasteiger partial charge in [0.1, 0.15) is 0 Å². The van der Waals surface area contributed by atoms with E-state index in [1.807, 2.05) is 13.8 Å². The Morgan fingerprint density at radius 1 is 1.26 bits per heavy atom. The first-order valence-electron chi connectivity index (χ1n) is 6.19. The first-order chi connectivity index (χ1) is 8.95. The van der Waals surface area contributed by atoms with Crippen molar-refractivity contribution in [2.24, 2.45) is 0 Å². The average Bonchev–Trinajstić information content (AvgIpc) is 2.61. The van der Waals surface area contributed by atoms with Crippen molar-refractivity contribution < 1.29 is 8.78 Å². The van der Waals surface area contributed by atoms with Crippen molar-refractivity contribution in [1.29, 1.82) is 0 Å². The highest BCUT2D eigenvalue weighted by Crippen LogP contribution is 2.15. The summed E-state index contributed by atoms with van der Waals surface area (Å²) in [5.41, 5.74) is 0.846. The fraction of sp³-hybridized carbons (Fsp3) is 0.583. The van der Waals surface area contributed by atoms with E-state index in [2.05, 4.69) is 9.97 Å². The van der Waals surface area contributed by atoms with Crippen LogP contribution < -0.4 is 5.69 Å². The Bertz CT molecular complexity index is 645. The summed E-state index contributed by atoms with van der Waals surface area (Å²) in [7, 11) is 0. The van der Waals surface area contributed by atoms with Crippen LogP contribution in [0.15, 0.2) is 11.0 Å². The highest BCUT2D eigenvalue weighted by atomic mass is 19.3. The van der Waals surface area contributed by atoms with Crippen molar-refractivity contribution >= 4 is 11.3 Å². The van der Waals surface area contributed by atoms with Crippen LogP contribution in [0, 0.1) is 0 Å². The molecule has 0 aromatic carbocycles. The number of hydrogen-bond acceptors (Lipinski definition) is 3. The number of halogens is 2. The van der Waals surface area contributed by atoms with E-state index in [1.165, 1.54) is 10.8 Å². The molecule has 0 spiro atoms. The van der Waals surface area contributed by atoms with Crippen molar-refractivity contribution in [3.63, 3.8) is 0 Å². The Morgan fingerprint density at radius 2 is 1.95 bits per heavy atom. The summed E-state index contributed by atoms with van der Waals surface area (Å²) in [6.07, 6.45) is -1.06. The summed E-state index contributed by atoms with van der Waals surface area (Å²) in [6.45, 7) is 5.41. The highest BCUT2D eigenvalue weighted by molar-refractivity contribution is 5.66. The predicted molar refractivity (Wildman–Crippen MR) is 67.6 cm³/mol. The average molecular weight is 270 g/mol. The van der Waals surface area contributed by atoms with Gasteiger partial charge in [-0.2, -0.15) is 0 Å². The van der Waals surface area contributed by atoms with Gasteiger partial charge in [0.05, 0.1) is 18.4 Å². The number of alkyl halides is 2. The van der Waals surface area contributed by atoms with Gasteiger partial charge in [-0.25, -0.2) is 23.5 Å². The second-order valence-corrected chi connectivity index (χ2v) is 4.63. The lowest BCUT2D eigenvalue weighted by Gasteiger charge is -2.04. The molecule has 0 saturated carbocycles. The van der Waals surface area contributed by atoms with Gasteiger partial charge in [0.25, 0.3) is 6.43 Å². The molecule has 0 aliphatic heterocycles. The number of aromatic nitrogens is 4. The summed E-state index contributed by atoms with van der Waals surface area (Å²) in [5.74, 6) is 0.163. The zero-order valence-electron chi connectivity index (χ0n) is 11.1. The molecule has 0 radical (unpaired) electrons. The van der Waals surface area contributed by atoms with E-state index < -0.39 is 18.7 Å². The fourth-order valence-electron chi connectivity index (χ4n) is 1.95. The van der Waals surface area contributed by atoms with Crippen molar-refractivity contribution in [3.05, 3.63) is 22.4 Å². The van der Waals surface area contributed by atoms with Crippen LogP contribution in [0.5, 0.6) is 0 Å². The molecule has 2 aromatic heterocycles. The van der Waals surface area contributed by atoms with E-state index in [1.54, 1.807) is 6.92 Å². The molecule has 104 valence electrons. The van der Waals surface area contributed by atoms with Gasteiger partial charge < -0.3 is 0 Å². The van der Waals surface area contributed by atoms with Crippen LogP contribution in [0.2, 0.25) is 0 Å². The van der Waals surface area contributed by atoms with Crippen molar-refractivity contribution in [3.8, 4) is 0 Å². The van der Waals surface area contributed by atoms with E-state index in [0.29, 0.717) is 12.2 Å².